The average molecular weight is 416 g/mol. The molecule has 0 atom stereocenters. The van der Waals surface area contributed by atoms with Gasteiger partial charge in [0.25, 0.3) is 5.91 Å². The fourth-order valence-corrected chi connectivity index (χ4v) is 3.82. The summed E-state index contributed by atoms with van der Waals surface area (Å²) in [6.07, 6.45) is 0. The Bertz CT molecular complexity index is 1230. The molecule has 5 nitrogen and oxygen atoms in total. The van der Waals surface area contributed by atoms with E-state index < -0.39 is 0 Å². The molecule has 0 saturated carbocycles. The van der Waals surface area contributed by atoms with Gasteiger partial charge in [0, 0.05) is 16.8 Å². The minimum absolute atomic E-state index is 0.0498. The van der Waals surface area contributed by atoms with Crippen molar-refractivity contribution in [3.05, 3.63) is 93.7 Å². The zero-order chi connectivity index (χ0) is 21.1. The van der Waals surface area contributed by atoms with E-state index in [2.05, 4.69) is 5.32 Å². The molecule has 0 spiro atoms. The number of carbonyl (C=O) groups is 1. The van der Waals surface area contributed by atoms with Crippen LogP contribution in [0.4, 0.5) is 5.69 Å². The topological polar surface area (TPSA) is 88.2 Å². The number of nitrogens with one attached hydrogen (secondary N) is 2. The van der Waals surface area contributed by atoms with Crippen molar-refractivity contribution in [2.24, 2.45) is 5.73 Å². The first kappa shape index (κ1) is 19.7. The second kappa shape index (κ2) is 8.39. The van der Waals surface area contributed by atoms with Crippen LogP contribution in [0, 0.1) is 12.3 Å². The molecule has 1 aromatic heterocycles. The zero-order valence-corrected chi connectivity index (χ0v) is 17.3. The van der Waals surface area contributed by atoms with E-state index in [0.717, 1.165) is 33.3 Å². The number of nitrogen functional groups attached to an aromatic ring is 1. The van der Waals surface area contributed by atoms with Crippen molar-refractivity contribution in [3.8, 4) is 5.75 Å². The van der Waals surface area contributed by atoms with Crippen LogP contribution in [0.3, 0.4) is 0 Å². The van der Waals surface area contributed by atoms with Crippen molar-refractivity contribution < 1.29 is 9.53 Å². The van der Waals surface area contributed by atoms with Crippen molar-refractivity contribution in [3.63, 3.8) is 0 Å². The van der Waals surface area contributed by atoms with Crippen LogP contribution in [0.1, 0.15) is 26.4 Å². The molecular formula is C24H21N3O2S. The number of ether oxygens (including phenoxy) is 1. The van der Waals surface area contributed by atoms with E-state index in [1.54, 1.807) is 6.07 Å². The highest BCUT2D eigenvalue weighted by atomic mass is 32.1. The predicted octanol–water partition coefficient (Wildman–Crippen LogP) is 5.33. The van der Waals surface area contributed by atoms with E-state index in [-0.39, 0.29) is 11.7 Å². The lowest BCUT2D eigenvalue weighted by atomic mass is 10.1. The lowest BCUT2D eigenvalue weighted by Crippen LogP contribution is -2.12. The number of benzene rings is 3. The number of hydrogen-bond acceptors (Lipinski definition) is 4. The Balaban J connectivity index is 1.53. The normalized spacial score (nSPS) is 10.7. The molecule has 4 aromatic rings. The van der Waals surface area contributed by atoms with Gasteiger partial charge >= 0.3 is 0 Å². The molecule has 6 heteroatoms. The number of amides is 1. The Hall–Kier alpha value is -3.64. The van der Waals surface area contributed by atoms with Crippen LogP contribution in [-0.2, 0) is 6.61 Å². The summed E-state index contributed by atoms with van der Waals surface area (Å²) < 4.78 is 6.03. The number of rotatable bonds is 6. The molecule has 30 heavy (non-hydrogen) atoms. The minimum atomic E-state index is -0.123. The number of hydrogen-bond donors (Lipinski definition) is 3. The van der Waals surface area contributed by atoms with Crippen LogP contribution in [0.25, 0.3) is 10.8 Å². The van der Waals surface area contributed by atoms with Gasteiger partial charge in [-0.05, 0) is 53.4 Å². The second-order valence-corrected chi connectivity index (χ2v) is 7.97. The average Bonchev–Trinajstić information content (AvgIpc) is 3.28. The SMILES string of the molecule is Cc1ccc(NC(=O)c2cccs2)c(COc2ccc3cc(C(=N)N)ccc3c2)c1. The lowest BCUT2D eigenvalue weighted by Gasteiger charge is -2.13. The van der Waals surface area contributed by atoms with E-state index in [1.165, 1.54) is 11.3 Å². The van der Waals surface area contributed by atoms with Gasteiger partial charge in [0.15, 0.2) is 0 Å². The summed E-state index contributed by atoms with van der Waals surface area (Å²) in [4.78, 5) is 13.1. The Labute approximate surface area is 178 Å². The molecule has 1 heterocycles. The van der Waals surface area contributed by atoms with Gasteiger partial charge < -0.3 is 15.8 Å². The van der Waals surface area contributed by atoms with Crippen molar-refractivity contribution >= 4 is 39.5 Å². The van der Waals surface area contributed by atoms with Gasteiger partial charge in [-0.3, -0.25) is 10.2 Å². The van der Waals surface area contributed by atoms with Gasteiger partial charge in [-0.2, -0.15) is 0 Å². The van der Waals surface area contributed by atoms with E-state index in [0.29, 0.717) is 17.0 Å². The lowest BCUT2D eigenvalue weighted by molar-refractivity contribution is 0.103. The molecule has 0 aliphatic heterocycles. The predicted molar refractivity (Wildman–Crippen MR) is 123 cm³/mol. The first-order valence-corrected chi connectivity index (χ1v) is 10.3. The van der Waals surface area contributed by atoms with Crippen molar-refractivity contribution in [1.29, 1.82) is 5.41 Å². The van der Waals surface area contributed by atoms with Crippen LogP contribution in [0.5, 0.6) is 5.75 Å². The molecule has 0 unspecified atom stereocenters. The van der Waals surface area contributed by atoms with Crippen LogP contribution in [-0.4, -0.2) is 11.7 Å². The Kier molecular flexibility index (Phi) is 5.50. The number of aryl methyl sites for hydroxylation is 1. The Morgan fingerprint density at radius 1 is 1.07 bits per heavy atom. The Morgan fingerprint density at radius 2 is 1.87 bits per heavy atom. The van der Waals surface area contributed by atoms with Crippen molar-refractivity contribution in [2.45, 2.75) is 13.5 Å². The molecule has 0 aliphatic rings. The smallest absolute Gasteiger partial charge is 0.265 e. The fourth-order valence-electron chi connectivity index (χ4n) is 3.20. The number of fused-ring (bicyclic) bond motifs is 1. The molecule has 0 fully saturated rings. The van der Waals surface area contributed by atoms with Gasteiger partial charge in [0.1, 0.15) is 18.2 Å². The van der Waals surface area contributed by atoms with Crippen LogP contribution in [0.2, 0.25) is 0 Å². The first-order valence-electron chi connectivity index (χ1n) is 9.45. The second-order valence-electron chi connectivity index (χ2n) is 7.02. The maximum absolute atomic E-state index is 12.4. The third-order valence-corrected chi connectivity index (χ3v) is 5.64. The summed E-state index contributed by atoms with van der Waals surface area (Å²) >= 11 is 1.41. The zero-order valence-electron chi connectivity index (χ0n) is 16.4. The molecule has 0 radical (unpaired) electrons. The molecule has 4 N–H and O–H groups in total. The molecule has 0 aliphatic carbocycles. The van der Waals surface area contributed by atoms with Gasteiger partial charge in [0.05, 0.1) is 4.88 Å². The summed E-state index contributed by atoms with van der Waals surface area (Å²) in [5.41, 5.74) is 9.01. The molecule has 0 bridgehead atoms. The number of anilines is 1. The maximum atomic E-state index is 12.4. The number of amidine groups is 1. The largest absolute Gasteiger partial charge is 0.489 e. The van der Waals surface area contributed by atoms with Crippen molar-refractivity contribution in [1.82, 2.24) is 0 Å². The summed E-state index contributed by atoms with van der Waals surface area (Å²) in [6, 6.07) is 21.0. The highest BCUT2D eigenvalue weighted by Crippen LogP contribution is 2.25. The summed E-state index contributed by atoms with van der Waals surface area (Å²) in [6.45, 7) is 2.34. The third-order valence-electron chi connectivity index (χ3n) is 4.77. The van der Waals surface area contributed by atoms with Gasteiger partial charge in [-0.1, -0.05) is 42.0 Å². The molecule has 1 amide bonds. The first-order chi connectivity index (χ1) is 14.5. The fraction of sp³-hybridized carbons (Fsp3) is 0.0833. The molecule has 150 valence electrons. The van der Waals surface area contributed by atoms with Crippen LogP contribution in [0.15, 0.2) is 72.1 Å². The maximum Gasteiger partial charge on any atom is 0.265 e. The quantitative estimate of drug-likeness (QED) is 0.294. The molecular weight excluding hydrogens is 394 g/mol. The van der Waals surface area contributed by atoms with E-state index >= 15 is 0 Å². The molecule has 0 saturated heterocycles. The summed E-state index contributed by atoms with van der Waals surface area (Å²) in [7, 11) is 0. The van der Waals surface area contributed by atoms with E-state index in [4.69, 9.17) is 15.9 Å². The number of nitrogens with two attached hydrogens (primary N) is 1. The number of thiophene rings is 1. The van der Waals surface area contributed by atoms with E-state index in [9.17, 15) is 4.79 Å². The van der Waals surface area contributed by atoms with Crippen LogP contribution >= 0.6 is 11.3 Å². The van der Waals surface area contributed by atoms with Crippen LogP contribution < -0.4 is 15.8 Å². The monoisotopic (exact) mass is 415 g/mol. The van der Waals surface area contributed by atoms with Gasteiger partial charge in [-0.25, -0.2) is 0 Å². The number of carbonyl (C=O) groups excluding carboxylic acids is 1. The highest BCUT2D eigenvalue weighted by molar-refractivity contribution is 7.12. The molecule has 3 aromatic carbocycles. The molecule has 4 rings (SSSR count). The van der Waals surface area contributed by atoms with Crippen molar-refractivity contribution in [2.75, 3.05) is 5.32 Å². The summed E-state index contributed by atoms with van der Waals surface area (Å²) in [5, 5.41) is 14.4. The van der Waals surface area contributed by atoms with E-state index in [1.807, 2.05) is 73.0 Å². The summed E-state index contributed by atoms with van der Waals surface area (Å²) in [5.74, 6) is 0.658. The third kappa shape index (κ3) is 4.34. The highest BCUT2D eigenvalue weighted by Gasteiger charge is 2.11. The Morgan fingerprint density at radius 3 is 2.63 bits per heavy atom. The van der Waals surface area contributed by atoms with Gasteiger partial charge in [-0.15, -0.1) is 11.3 Å². The standard InChI is InChI=1S/C24H21N3O2S/c1-15-4-9-21(27-24(28)22-3-2-10-30-22)19(11-15)14-29-20-8-7-16-12-18(23(25)26)6-5-17(16)13-20/h2-13H,14H2,1H3,(H3,25,26)(H,27,28). The minimum Gasteiger partial charge on any atom is -0.489 e. The van der Waals surface area contributed by atoms with Gasteiger partial charge in [0.2, 0.25) is 0 Å².